The van der Waals surface area contributed by atoms with E-state index in [9.17, 15) is 14.4 Å². The summed E-state index contributed by atoms with van der Waals surface area (Å²) in [4.78, 5) is 37.0. The van der Waals surface area contributed by atoms with Crippen LogP contribution in [-0.4, -0.2) is 41.1 Å². The van der Waals surface area contributed by atoms with Crippen LogP contribution >= 0.6 is 0 Å². The molecule has 1 atom stereocenters. The molecule has 0 aliphatic carbocycles. The summed E-state index contributed by atoms with van der Waals surface area (Å²) in [6.45, 7) is 4.66. The molecule has 2 rings (SSSR count). The topological polar surface area (TPSA) is 95.9 Å². The molecule has 1 heterocycles. The number of benzene rings is 1. The van der Waals surface area contributed by atoms with E-state index >= 15 is 0 Å². The number of carbonyl (C=O) groups is 3. The Morgan fingerprint density at radius 3 is 2.61 bits per heavy atom. The molecule has 0 saturated carbocycles. The van der Waals surface area contributed by atoms with E-state index in [2.05, 4.69) is 5.32 Å². The van der Waals surface area contributed by atoms with Crippen molar-refractivity contribution in [3.05, 3.63) is 24.3 Å². The SMILES string of the molecule is CCC(NC(=O)CN1C(=O)C(C)(C)Oc2ccccc21)C(=O)O. The van der Waals surface area contributed by atoms with Crippen LogP contribution in [0.3, 0.4) is 0 Å². The van der Waals surface area contributed by atoms with Gasteiger partial charge in [-0.05, 0) is 32.4 Å². The van der Waals surface area contributed by atoms with Gasteiger partial charge in [-0.2, -0.15) is 0 Å². The molecule has 0 radical (unpaired) electrons. The molecule has 0 aromatic heterocycles. The third kappa shape index (κ3) is 3.44. The Bertz CT molecular complexity index is 641. The number of carboxylic acid groups (broad SMARTS) is 1. The molecule has 1 unspecified atom stereocenters. The standard InChI is InChI=1S/C16H20N2O5/c1-4-10(14(20)21)17-13(19)9-18-11-7-5-6-8-12(11)23-16(2,3)15(18)22/h5-8,10H,4,9H2,1-3H3,(H,17,19)(H,20,21). The molecule has 0 saturated heterocycles. The van der Waals surface area contributed by atoms with Gasteiger partial charge in [0.15, 0.2) is 5.60 Å². The van der Waals surface area contributed by atoms with E-state index in [1.807, 2.05) is 0 Å². The third-order valence-electron chi connectivity index (χ3n) is 3.62. The highest BCUT2D eigenvalue weighted by atomic mass is 16.5. The first-order valence-corrected chi connectivity index (χ1v) is 7.38. The van der Waals surface area contributed by atoms with E-state index < -0.39 is 23.5 Å². The monoisotopic (exact) mass is 320 g/mol. The molecule has 2 amide bonds. The minimum Gasteiger partial charge on any atom is -0.480 e. The molecule has 2 N–H and O–H groups in total. The molecule has 7 heteroatoms. The predicted octanol–water partition coefficient (Wildman–Crippen LogP) is 1.17. The van der Waals surface area contributed by atoms with Gasteiger partial charge in [0, 0.05) is 0 Å². The highest BCUT2D eigenvalue weighted by molar-refractivity contribution is 6.05. The first-order valence-electron chi connectivity index (χ1n) is 7.38. The lowest BCUT2D eigenvalue weighted by atomic mass is 10.0. The van der Waals surface area contributed by atoms with Crippen molar-refractivity contribution in [3.8, 4) is 5.75 Å². The van der Waals surface area contributed by atoms with Crippen LogP contribution in [0.1, 0.15) is 27.2 Å². The van der Waals surface area contributed by atoms with Gasteiger partial charge >= 0.3 is 5.97 Å². The lowest BCUT2D eigenvalue weighted by Gasteiger charge is -2.38. The van der Waals surface area contributed by atoms with E-state index in [1.165, 1.54) is 4.90 Å². The fourth-order valence-corrected chi connectivity index (χ4v) is 2.40. The van der Waals surface area contributed by atoms with Gasteiger partial charge in [-0.25, -0.2) is 4.79 Å². The number of carbonyl (C=O) groups excluding carboxylic acids is 2. The molecule has 0 bridgehead atoms. The van der Waals surface area contributed by atoms with Crippen LogP contribution in [0.25, 0.3) is 0 Å². The molecular formula is C16H20N2O5. The number of anilines is 1. The van der Waals surface area contributed by atoms with Gasteiger partial charge in [0.05, 0.1) is 5.69 Å². The molecule has 1 aromatic rings. The molecule has 1 aromatic carbocycles. The summed E-state index contributed by atoms with van der Waals surface area (Å²) < 4.78 is 5.67. The number of hydrogen-bond donors (Lipinski definition) is 2. The second-order valence-electron chi connectivity index (χ2n) is 5.84. The second kappa shape index (κ2) is 6.28. The Morgan fingerprint density at radius 1 is 1.35 bits per heavy atom. The number of rotatable bonds is 5. The number of ether oxygens (including phenoxy) is 1. The van der Waals surface area contributed by atoms with Crippen LogP contribution < -0.4 is 15.0 Å². The smallest absolute Gasteiger partial charge is 0.326 e. The van der Waals surface area contributed by atoms with Crippen LogP contribution in [0.2, 0.25) is 0 Å². The van der Waals surface area contributed by atoms with Gasteiger partial charge in [0.25, 0.3) is 5.91 Å². The highest BCUT2D eigenvalue weighted by Crippen LogP contribution is 2.37. The summed E-state index contributed by atoms with van der Waals surface area (Å²) in [6.07, 6.45) is 0.264. The number of nitrogens with zero attached hydrogens (tertiary/aromatic N) is 1. The lowest BCUT2D eigenvalue weighted by molar-refractivity contribution is -0.141. The van der Waals surface area contributed by atoms with Crippen molar-refractivity contribution < 1.29 is 24.2 Å². The number of para-hydroxylation sites is 2. The quantitative estimate of drug-likeness (QED) is 0.849. The summed E-state index contributed by atoms with van der Waals surface area (Å²) in [5, 5.41) is 11.4. The molecule has 1 aliphatic heterocycles. The van der Waals surface area contributed by atoms with E-state index in [4.69, 9.17) is 9.84 Å². The first kappa shape index (κ1) is 16.8. The van der Waals surface area contributed by atoms with Crippen molar-refractivity contribution in [2.24, 2.45) is 0 Å². The van der Waals surface area contributed by atoms with Gasteiger partial charge in [-0.1, -0.05) is 19.1 Å². The third-order valence-corrected chi connectivity index (χ3v) is 3.62. The second-order valence-corrected chi connectivity index (χ2v) is 5.84. The maximum absolute atomic E-state index is 12.5. The van der Waals surface area contributed by atoms with Gasteiger partial charge < -0.3 is 15.2 Å². The Kier molecular flexibility index (Phi) is 4.58. The zero-order valence-electron chi connectivity index (χ0n) is 13.3. The fourth-order valence-electron chi connectivity index (χ4n) is 2.40. The first-order chi connectivity index (χ1) is 10.8. The predicted molar refractivity (Wildman–Crippen MR) is 83.4 cm³/mol. The summed E-state index contributed by atoms with van der Waals surface area (Å²) in [5.74, 6) is -1.47. The maximum atomic E-state index is 12.5. The molecule has 0 spiro atoms. The van der Waals surface area contributed by atoms with E-state index in [-0.39, 0.29) is 18.9 Å². The van der Waals surface area contributed by atoms with Crippen LogP contribution in [0, 0.1) is 0 Å². The molecule has 1 aliphatic rings. The minimum absolute atomic E-state index is 0.258. The molecular weight excluding hydrogens is 300 g/mol. The van der Waals surface area contributed by atoms with Crippen LogP contribution in [-0.2, 0) is 14.4 Å². The average molecular weight is 320 g/mol. The van der Waals surface area contributed by atoms with E-state index in [0.717, 1.165) is 0 Å². The largest absolute Gasteiger partial charge is 0.480 e. The summed E-state index contributed by atoms with van der Waals surface area (Å²) in [7, 11) is 0. The van der Waals surface area contributed by atoms with E-state index in [0.29, 0.717) is 11.4 Å². The Morgan fingerprint density at radius 2 is 2.00 bits per heavy atom. The zero-order chi connectivity index (χ0) is 17.2. The number of nitrogens with one attached hydrogen (secondary N) is 1. The van der Waals surface area contributed by atoms with Crippen LogP contribution in [0.4, 0.5) is 5.69 Å². The van der Waals surface area contributed by atoms with Crippen LogP contribution in [0.15, 0.2) is 24.3 Å². The Balaban J connectivity index is 2.22. The van der Waals surface area contributed by atoms with Crippen molar-refractivity contribution in [3.63, 3.8) is 0 Å². The van der Waals surface area contributed by atoms with Crippen molar-refractivity contribution in [1.82, 2.24) is 5.32 Å². The fraction of sp³-hybridized carbons (Fsp3) is 0.438. The maximum Gasteiger partial charge on any atom is 0.326 e. The van der Waals surface area contributed by atoms with Gasteiger partial charge in [0.1, 0.15) is 18.3 Å². The van der Waals surface area contributed by atoms with Crippen molar-refractivity contribution >= 4 is 23.5 Å². The number of fused-ring (bicyclic) bond motifs is 1. The van der Waals surface area contributed by atoms with Crippen molar-refractivity contribution in [2.45, 2.75) is 38.8 Å². The number of hydrogen-bond acceptors (Lipinski definition) is 4. The Labute approximate surface area is 134 Å². The highest BCUT2D eigenvalue weighted by Gasteiger charge is 2.41. The van der Waals surface area contributed by atoms with Gasteiger partial charge in [0.2, 0.25) is 5.91 Å². The van der Waals surface area contributed by atoms with Crippen LogP contribution in [0.5, 0.6) is 5.75 Å². The number of aliphatic carboxylic acids is 1. The van der Waals surface area contributed by atoms with Gasteiger partial charge in [-0.3, -0.25) is 14.5 Å². The molecule has 7 nitrogen and oxygen atoms in total. The van der Waals surface area contributed by atoms with Gasteiger partial charge in [-0.15, -0.1) is 0 Å². The number of carboxylic acids is 1. The molecule has 23 heavy (non-hydrogen) atoms. The molecule has 0 fully saturated rings. The average Bonchev–Trinajstić information content (AvgIpc) is 2.48. The summed E-state index contributed by atoms with van der Waals surface area (Å²) in [5.41, 5.74) is -0.596. The van der Waals surface area contributed by atoms with Crippen molar-refractivity contribution in [2.75, 3.05) is 11.4 Å². The normalized spacial score (nSPS) is 17.0. The molecule has 124 valence electrons. The van der Waals surface area contributed by atoms with Crippen molar-refractivity contribution in [1.29, 1.82) is 0 Å². The Hall–Kier alpha value is -2.57. The van der Waals surface area contributed by atoms with E-state index in [1.54, 1.807) is 45.0 Å². The summed E-state index contributed by atoms with van der Waals surface area (Å²) >= 11 is 0. The zero-order valence-corrected chi connectivity index (χ0v) is 13.3. The summed E-state index contributed by atoms with van der Waals surface area (Å²) in [6, 6.07) is 5.96. The minimum atomic E-state index is -1.10. The number of amides is 2. The lowest BCUT2D eigenvalue weighted by Crippen LogP contribution is -2.55.